The molecule has 2 aromatic rings. The molecule has 0 radical (unpaired) electrons. The maximum atomic E-state index is 13.1. The lowest BCUT2D eigenvalue weighted by Gasteiger charge is -2.29. The van der Waals surface area contributed by atoms with Crippen LogP contribution in [-0.4, -0.2) is 33.1 Å². The standard InChI is InChI=1S/C21H24N4O3/c1-13-18(20(26)23-16-7-5-6-8-17(16)28-4)19(24-21(27)22-13)14-9-11-15(12-10-14)25(2)3/h5-12,19H,1-4H3,(H,23,26)(H2,22,24,27)/t19-/m1/s1. The molecule has 3 rings (SSSR count). The van der Waals surface area contributed by atoms with Crippen molar-refractivity contribution in [3.05, 3.63) is 65.4 Å². The van der Waals surface area contributed by atoms with Crippen LogP contribution in [0.2, 0.25) is 0 Å². The number of rotatable bonds is 5. The van der Waals surface area contributed by atoms with Gasteiger partial charge in [0.1, 0.15) is 5.75 Å². The Hall–Kier alpha value is -3.48. The van der Waals surface area contributed by atoms with E-state index >= 15 is 0 Å². The van der Waals surface area contributed by atoms with Crippen molar-refractivity contribution >= 4 is 23.3 Å². The normalized spacial score (nSPS) is 16.1. The van der Waals surface area contributed by atoms with E-state index in [1.807, 2.05) is 55.4 Å². The SMILES string of the molecule is COc1ccccc1NC(=O)C1=C(C)NC(=O)N[C@@H]1c1ccc(N(C)C)cc1. The van der Waals surface area contributed by atoms with Gasteiger partial charge in [-0.05, 0) is 36.8 Å². The van der Waals surface area contributed by atoms with Gasteiger partial charge in [0.05, 0.1) is 24.4 Å². The van der Waals surface area contributed by atoms with E-state index in [1.165, 1.54) is 0 Å². The average Bonchev–Trinajstić information content (AvgIpc) is 2.67. The highest BCUT2D eigenvalue weighted by atomic mass is 16.5. The number of ether oxygens (including phenoxy) is 1. The number of para-hydroxylation sites is 2. The lowest BCUT2D eigenvalue weighted by molar-refractivity contribution is -0.113. The second-order valence-corrected chi connectivity index (χ2v) is 6.71. The number of hydrogen-bond acceptors (Lipinski definition) is 4. The predicted molar refractivity (Wildman–Crippen MR) is 110 cm³/mol. The minimum absolute atomic E-state index is 0.309. The second kappa shape index (κ2) is 8.04. The van der Waals surface area contributed by atoms with Crippen LogP contribution >= 0.6 is 0 Å². The van der Waals surface area contributed by atoms with Crippen molar-refractivity contribution < 1.29 is 14.3 Å². The maximum Gasteiger partial charge on any atom is 0.319 e. The van der Waals surface area contributed by atoms with Gasteiger partial charge in [-0.3, -0.25) is 4.79 Å². The van der Waals surface area contributed by atoms with Crippen molar-refractivity contribution in [1.29, 1.82) is 0 Å². The minimum atomic E-state index is -0.556. The molecule has 0 saturated heterocycles. The van der Waals surface area contributed by atoms with E-state index in [0.717, 1.165) is 11.3 Å². The number of carbonyl (C=O) groups is 2. The van der Waals surface area contributed by atoms with E-state index in [4.69, 9.17) is 4.74 Å². The molecule has 2 aromatic carbocycles. The molecule has 0 aromatic heterocycles. The van der Waals surface area contributed by atoms with Crippen molar-refractivity contribution in [2.24, 2.45) is 0 Å². The summed E-state index contributed by atoms with van der Waals surface area (Å²) in [5.41, 5.74) is 3.38. The lowest BCUT2D eigenvalue weighted by atomic mass is 9.94. The summed E-state index contributed by atoms with van der Waals surface area (Å²) in [6, 6.07) is 14.0. The third-order valence-electron chi connectivity index (χ3n) is 4.61. The molecule has 1 heterocycles. The van der Waals surface area contributed by atoms with Crippen molar-refractivity contribution in [3.8, 4) is 5.75 Å². The van der Waals surface area contributed by atoms with Crippen molar-refractivity contribution in [2.75, 3.05) is 31.4 Å². The zero-order valence-electron chi connectivity index (χ0n) is 16.4. The van der Waals surface area contributed by atoms with Gasteiger partial charge in [-0.2, -0.15) is 0 Å². The quantitative estimate of drug-likeness (QED) is 0.745. The van der Waals surface area contributed by atoms with Crippen molar-refractivity contribution in [2.45, 2.75) is 13.0 Å². The van der Waals surface area contributed by atoms with Gasteiger partial charge in [-0.1, -0.05) is 24.3 Å². The highest BCUT2D eigenvalue weighted by Gasteiger charge is 2.31. The molecule has 0 spiro atoms. The monoisotopic (exact) mass is 380 g/mol. The maximum absolute atomic E-state index is 13.1. The van der Waals surface area contributed by atoms with Gasteiger partial charge in [-0.25, -0.2) is 4.79 Å². The number of carbonyl (C=O) groups excluding carboxylic acids is 2. The van der Waals surface area contributed by atoms with Crippen LogP contribution in [0.3, 0.4) is 0 Å². The molecule has 28 heavy (non-hydrogen) atoms. The number of nitrogens with one attached hydrogen (secondary N) is 3. The molecule has 3 N–H and O–H groups in total. The molecule has 7 heteroatoms. The van der Waals surface area contributed by atoms with Crippen LogP contribution in [0.25, 0.3) is 0 Å². The average molecular weight is 380 g/mol. The fourth-order valence-corrected chi connectivity index (χ4v) is 3.15. The van der Waals surface area contributed by atoms with Crippen LogP contribution in [-0.2, 0) is 4.79 Å². The highest BCUT2D eigenvalue weighted by Crippen LogP contribution is 2.30. The Morgan fingerprint density at radius 2 is 1.79 bits per heavy atom. The number of amides is 3. The number of urea groups is 1. The Bertz CT molecular complexity index is 920. The number of hydrogen-bond donors (Lipinski definition) is 3. The number of methoxy groups -OCH3 is 1. The van der Waals surface area contributed by atoms with E-state index in [2.05, 4.69) is 16.0 Å². The first-order valence-corrected chi connectivity index (χ1v) is 8.90. The smallest absolute Gasteiger partial charge is 0.319 e. The van der Waals surface area contributed by atoms with Crippen LogP contribution in [0.5, 0.6) is 5.75 Å². The fraction of sp³-hybridized carbons (Fsp3) is 0.238. The van der Waals surface area contributed by atoms with Crippen molar-refractivity contribution in [1.82, 2.24) is 10.6 Å². The highest BCUT2D eigenvalue weighted by molar-refractivity contribution is 6.07. The summed E-state index contributed by atoms with van der Waals surface area (Å²) in [5.74, 6) is 0.255. The summed E-state index contributed by atoms with van der Waals surface area (Å²) in [7, 11) is 5.46. The Kier molecular flexibility index (Phi) is 5.54. The molecule has 146 valence electrons. The molecular weight excluding hydrogens is 356 g/mol. The van der Waals surface area contributed by atoms with E-state index in [0.29, 0.717) is 22.7 Å². The number of anilines is 2. The van der Waals surface area contributed by atoms with Gasteiger partial charge in [0, 0.05) is 25.5 Å². The first kappa shape index (κ1) is 19.3. The third kappa shape index (κ3) is 3.93. The Morgan fingerprint density at radius 3 is 2.43 bits per heavy atom. The lowest BCUT2D eigenvalue weighted by Crippen LogP contribution is -2.46. The third-order valence-corrected chi connectivity index (χ3v) is 4.61. The van der Waals surface area contributed by atoms with Crippen LogP contribution in [0.15, 0.2) is 59.8 Å². The molecule has 0 aliphatic carbocycles. The summed E-state index contributed by atoms with van der Waals surface area (Å²) in [6.07, 6.45) is 0. The molecule has 0 saturated carbocycles. The molecule has 3 amide bonds. The van der Waals surface area contributed by atoms with Gasteiger partial charge in [0.2, 0.25) is 0 Å². The number of nitrogens with zero attached hydrogens (tertiary/aromatic N) is 1. The molecule has 0 fully saturated rings. The van der Waals surface area contributed by atoms with Gasteiger partial charge in [-0.15, -0.1) is 0 Å². The van der Waals surface area contributed by atoms with Gasteiger partial charge < -0.3 is 25.6 Å². The summed E-state index contributed by atoms with van der Waals surface area (Å²) < 4.78 is 5.30. The minimum Gasteiger partial charge on any atom is -0.495 e. The van der Waals surface area contributed by atoms with Gasteiger partial charge >= 0.3 is 6.03 Å². The Morgan fingerprint density at radius 1 is 1.11 bits per heavy atom. The molecular formula is C21H24N4O3. The zero-order chi connectivity index (χ0) is 20.3. The number of allylic oxidation sites excluding steroid dienone is 1. The van der Waals surface area contributed by atoms with Crippen LogP contribution in [0, 0.1) is 0 Å². The fourth-order valence-electron chi connectivity index (χ4n) is 3.15. The first-order valence-electron chi connectivity index (χ1n) is 8.90. The molecule has 0 bridgehead atoms. The van der Waals surface area contributed by atoms with Crippen LogP contribution in [0.4, 0.5) is 16.2 Å². The van der Waals surface area contributed by atoms with E-state index in [1.54, 1.807) is 26.2 Å². The largest absolute Gasteiger partial charge is 0.495 e. The second-order valence-electron chi connectivity index (χ2n) is 6.71. The summed E-state index contributed by atoms with van der Waals surface area (Å²) in [4.78, 5) is 27.1. The Balaban J connectivity index is 1.94. The molecule has 1 atom stereocenters. The summed E-state index contributed by atoms with van der Waals surface area (Å²) in [5, 5.41) is 8.41. The van der Waals surface area contributed by atoms with Crippen LogP contribution in [0.1, 0.15) is 18.5 Å². The zero-order valence-corrected chi connectivity index (χ0v) is 16.4. The summed E-state index contributed by atoms with van der Waals surface area (Å²) >= 11 is 0. The van der Waals surface area contributed by atoms with E-state index in [-0.39, 0.29) is 11.9 Å². The molecule has 0 unspecified atom stereocenters. The van der Waals surface area contributed by atoms with E-state index < -0.39 is 6.04 Å². The predicted octanol–water partition coefficient (Wildman–Crippen LogP) is 3.03. The van der Waals surface area contributed by atoms with Gasteiger partial charge in [0.15, 0.2) is 0 Å². The van der Waals surface area contributed by atoms with E-state index in [9.17, 15) is 9.59 Å². The van der Waals surface area contributed by atoms with Crippen LogP contribution < -0.4 is 25.6 Å². The molecule has 1 aliphatic heterocycles. The molecule has 1 aliphatic rings. The van der Waals surface area contributed by atoms with Gasteiger partial charge in [0.25, 0.3) is 5.91 Å². The first-order chi connectivity index (χ1) is 13.4. The summed E-state index contributed by atoms with van der Waals surface area (Å²) in [6.45, 7) is 1.72. The number of benzene rings is 2. The van der Waals surface area contributed by atoms with Crippen molar-refractivity contribution in [3.63, 3.8) is 0 Å². The Labute approximate surface area is 164 Å². The molecule has 7 nitrogen and oxygen atoms in total. The topological polar surface area (TPSA) is 82.7 Å².